The van der Waals surface area contributed by atoms with E-state index in [1.807, 2.05) is 28.7 Å². The number of thiazole rings is 1. The van der Waals surface area contributed by atoms with Crippen molar-refractivity contribution in [1.29, 1.82) is 0 Å². The van der Waals surface area contributed by atoms with Gasteiger partial charge in [0.25, 0.3) is 0 Å². The molecular weight excluding hydrogens is 350 g/mol. The van der Waals surface area contributed by atoms with Crippen LogP contribution in [0.1, 0.15) is 5.69 Å². The van der Waals surface area contributed by atoms with Crippen LogP contribution in [0.3, 0.4) is 0 Å². The van der Waals surface area contributed by atoms with Crippen LogP contribution in [0.25, 0.3) is 32.5 Å². The van der Waals surface area contributed by atoms with E-state index in [-0.39, 0.29) is 35.4 Å². The number of aliphatic carboxylic acids is 1. The molecule has 2 aromatic heterocycles. The molecule has 25 heavy (non-hydrogen) atoms. The van der Waals surface area contributed by atoms with Gasteiger partial charge >= 0.3 is 29.6 Å². The second-order valence-electron chi connectivity index (χ2n) is 5.19. The van der Waals surface area contributed by atoms with Gasteiger partial charge < -0.3 is 9.90 Å². The van der Waals surface area contributed by atoms with Crippen LogP contribution in [-0.2, 0) is 4.79 Å². The summed E-state index contributed by atoms with van der Waals surface area (Å²) in [5.41, 5.74) is 2.88. The predicted molar refractivity (Wildman–Crippen MR) is 90.0 cm³/mol. The van der Waals surface area contributed by atoms with E-state index in [4.69, 9.17) is 0 Å². The minimum absolute atomic E-state index is 0. The van der Waals surface area contributed by atoms with Gasteiger partial charge in [-0.2, -0.15) is 0 Å². The SMILES string of the molecule is O=C([O-])/C=C/c1c(-c2ccc(F)cc2)nc2sc3ccccc3n12.[Na+]. The molecule has 0 bridgehead atoms. The van der Waals surface area contributed by atoms with Gasteiger partial charge in [0.05, 0.1) is 27.6 Å². The molecule has 4 aromatic rings. The van der Waals surface area contributed by atoms with E-state index >= 15 is 0 Å². The molecule has 2 aromatic carbocycles. The fourth-order valence-corrected chi connectivity index (χ4v) is 3.69. The number of para-hydroxylation sites is 1. The molecule has 0 aliphatic rings. The van der Waals surface area contributed by atoms with Gasteiger partial charge in [0, 0.05) is 5.56 Å². The Balaban J connectivity index is 0.00000182. The van der Waals surface area contributed by atoms with Crippen molar-refractivity contribution < 1.29 is 43.8 Å². The third-order valence-corrected chi connectivity index (χ3v) is 4.71. The summed E-state index contributed by atoms with van der Waals surface area (Å²) in [4.78, 5) is 16.2. The molecule has 2 heterocycles. The molecule has 0 saturated carbocycles. The van der Waals surface area contributed by atoms with Gasteiger partial charge in [0.2, 0.25) is 0 Å². The zero-order chi connectivity index (χ0) is 16.7. The number of rotatable bonds is 3. The Kier molecular flexibility index (Phi) is 5.06. The average molecular weight is 360 g/mol. The Morgan fingerprint density at radius 1 is 1.16 bits per heavy atom. The van der Waals surface area contributed by atoms with Crippen molar-refractivity contribution in [3.63, 3.8) is 0 Å². The standard InChI is InChI=1S/C18H11FN2O2S.Na/c19-12-7-5-11(6-8-12)17-14(9-10-16(22)23)21-13-3-1-2-4-15(13)24-18(21)20-17;/h1-10H,(H,22,23);/q;+1/p-1/b10-9+;. The third kappa shape index (κ3) is 3.26. The summed E-state index contributed by atoms with van der Waals surface area (Å²) in [5.74, 6) is -1.62. The average Bonchev–Trinajstić information content (AvgIpc) is 3.09. The van der Waals surface area contributed by atoms with E-state index in [1.54, 1.807) is 12.1 Å². The first-order valence-corrected chi connectivity index (χ1v) is 8.00. The fourth-order valence-electron chi connectivity index (χ4n) is 2.66. The van der Waals surface area contributed by atoms with Crippen LogP contribution in [0.5, 0.6) is 0 Å². The Morgan fingerprint density at radius 2 is 1.88 bits per heavy atom. The van der Waals surface area contributed by atoms with Gasteiger partial charge in [-0.3, -0.25) is 4.40 Å². The van der Waals surface area contributed by atoms with Crippen molar-refractivity contribution in [2.75, 3.05) is 0 Å². The summed E-state index contributed by atoms with van der Waals surface area (Å²) >= 11 is 1.51. The largest absolute Gasteiger partial charge is 1.00 e. The maximum Gasteiger partial charge on any atom is 1.00 e. The van der Waals surface area contributed by atoms with E-state index in [9.17, 15) is 14.3 Å². The molecule has 0 saturated heterocycles. The van der Waals surface area contributed by atoms with Gasteiger partial charge in [-0.25, -0.2) is 9.37 Å². The monoisotopic (exact) mass is 360 g/mol. The van der Waals surface area contributed by atoms with E-state index in [1.165, 1.54) is 29.5 Å². The molecule has 0 spiro atoms. The number of aromatic nitrogens is 2. The Hall–Kier alpha value is -1.99. The first-order chi connectivity index (χ1) is 11.6. The summed E-state index contributed by atoms with van der Waals surface area (Å²) in [6.07, 6.45) is 2.44. The van der Waals surface area contributed by atoms with Crippen LogP contribution < -0.4 is 34.7 Å². The normalized spacial score (nSPS) is 11.2. The van der Waals surface area contributed by atoms with Crippen molar-refractivity contribution in [1.82, 2.24) is 9.38 Å². The molecule has 118 valence electrons. The smallest absolute Gasteiger partial charge is 0.545 e. The Bertz CT molecular complexity index is 1100. The number of hydrogen-bond acceptors (Lipinski definition) is 4. The number of halogens is 1. The van der Waals surface area contributed by atoms with E-state index in [2.05, 4.69) is 4.98 Å². The van der Waals surface area contributed by atoms with Gasteiger partial charge in [0.1, 0.15) is 5.82 Å². The molecule has 0 fully saturated rings. The molecule has 0 aliphatic carbocycles. The summed E-state index contributed by atoms with van der Waals surface area (Å²) in [6.45, 7) is 0. The molecule has 0 radical (unpaired) electrons. The maximum atomic E-state index is 13.2. The number of nitrogens with zero attached hydrogens (tertiary/aromatic N) is 2. The quantitative estimate of drug-likeness (QED) is 0.385. The van der Waals surface area contributed by atoms with E-state index in [0.717, 1.165) is 26.8 Å². The zero-order valence-electron chi connectivity index (χ0n) is 13.3. The van der Waals surface area contributed by atoms with Crippen molar-refractivity contribution >= 4 is 38.6 Å². The van der Waals surface area contributed by atoms with Crippen LogP contribution >= 0.6 is 11.3 Å². The molecular formula is C18H10FN2NaO2S. The van der Waals surface area contributed by atoms with Gasteiger partial charge in [0.15, 0.2) is 4.96 Å². The van der Waals surface area contributed by atoms with Crippen molar-refractivity contribution in [2.45, 2.75) is 0 Å². The van der Waals surface area contributed by atoms with Crippen LogP contribution in [-0.4, -0.2) is 15.4 Å². The van der Waals surface area contributed by atoms with Gasteiger partial charge in [-0.1, -0.05) is 23.5 Å². The van der Waals surface area contributed by atoms with Gasteiger partial charge in [-0.05, 0) is 48.6 Å². The number of carbonyl (C=O) groups excluding carboxylic acids is 1. The van der Waals surface area contributed by atoms with Crippen LogP contribution in [0.4, 0.5) is 4.39 Å². The van der Waals surface area contributed by atoms with Crippen molar-refractivity contribution in [2.24, 2.45) is 0 Å². The predicted octanol–water partition coefficient (Wildman–Crippen LogP) is 0.122. The molecule has 0 unspecified atom stereocenters. The molecule has 0 atom stereocenters. The summed E-state index contributed by atoms with van der Waals surface area (Å²) in [5, 5.41) is 10.9. The fraction of sp³-hybridized carbons (Fsp3) is 0. The number of carbonyl (C=O) groups is 1. The second kappa shape index (κ2) is 7.09. The minimum Gasteiger partial charge on any atom is -0.545 e. The molecule has 0 aliphatic heterocycles. The second-order valence-corrected chi connectivity index (χ2v) is 6.20. The Morgan fingerprint density at radius 3 is 2.60 bits per heavy atom. The van der Waals surface area contributed by atoms with Crippen LogP contribution in [0.2, 0.25) is 0 Å². The molecule has 0 amide bonds. The van der Waals surface area contributed by atoms with Gasteiger partial charge in [-0.15, -0.1) is 0 Å². The topological polar surface area (TPSA) is 57.4 Å². The minimum atomic E-state index is -1.28. The number of imidazole rings is 1. The van der Waals surface area contributed by atoms with Crippen molar-refractivity contribution in [3.05, 3.63) is 66.1 Å². The number of hydrogen-bond donors (Lipinski definition) is 0. The number of fused-ring (bicyclic) bond motifs is 3. The third-order valence-electron chi connectivity index (χ3n) is 3.68. The van der Waals surface area contributed by atoms with Crippen LogP contribution in [0.15, 0.2) is 54.6 Å². The first-order valence-electron chi connectivity index (χ1n) is 7.18. The van der Waals surface area contributed by atoms with Crippen molar-refractivity contribution in [3.8, 4) is 11.3 Å². The summed E-state index contributed by atoms with van der Waals surface area (Å²) in [6, 6.07) is 13.7. The maximum absolute atomic E-state index is 13.2. The number of carboxylic acids is 1. The molecule has 4 nitrogen and oxygen atoms in total. The Labute approximate surface area is 168 Å². The first kappa shape index (κ1) is 17.8. The van der Waals surface area contributed by atoms with E-state index in [0.29, 0.717) is 11.4 Å². The molecule has 7 heteroatoms. The van der Waals surface area contributed by atoms with E-state index < -0.39 is 5.97 Å². The van der Waals surface area contributed by atoms with Crippen LogP contribution in [0, 0.1) is 5.82 Å². The molecule has 4 rings (SSSR count). The summed E-state index contributed by atoms with van der Waals surface area (Å²) in [7, 11) is 0. The summed E-state index contributed by atoms with van der Waals surface area (Å²) < 4.78 is 16.1. The number of carboxylic acid groups (broad SMARTS) is 1. The number of benzene rings is 2. The molecule has 0 N–H and O–H groups in total. The zero-order valence-corrected chi connectivity index (χ0v) is 16.1.